The van der Waals surface area contributed by atoms with Crippen LogP contribution in [0, 0.1) is 0 Å². The van der Waals surface area contributed by atoms with Gasteiger partial charge in [-0.05, 0) is 0 Å². The van der Waals surface area contributed by atoms with Gasteiger partial charge in [0.05, 0.1) is 20.3 Å². The molecule has 0 aromatic carbocycles. The number of carbonyl (C=O) groups excluding carboxylic acids is 1. The standard InChI is InChI=1S/C6H11NO3/c1-9-6(8)5-4-10-3-2-7-5/h5,7H,2-4H2,1H3. The van der Waals surface area contributed by atoms with E-state index in [1.54, 1.807) is 0 Å². The van der Waals surface area contributed by atoms with Crippen LogP contribution in [-0.4, -0.2) is 38.9 Å². The molecule has 10 heavy (non-hydrogen) atoms. The Morgan fingerprint density at radius 1 is 1.80 bits per heavy atom. The van der Waals surface area contributed by atoms with Gasteiger partial charge in [0.2, 0.25) is 0 Å². The van der Waals surface area contributed by atoms with Crippen molar-refractivity contribution in [2.45, 2.75) is 6.04 Å². The zero-order chi connectivity index (χ0) is 7.40. The highest BCUT2D eigenvalue weighted by molar-refractivity contribution is 5.75. The van der Waals surface area contributed by atoms with E-state index >= 15 is 0 Å². The molecule has 1 saturated heterocycles. The van der Waals surface area contributed by atoms with Crippen LogP contribution in [0.15, 0.2) is 0 Å². The summed E-state index contributed by atoms with van der Waals surface area (Å²) in [6, 6.07) is -0.265. The maximum atomic E-state index is 10.8. The minimum atomic E-state index is -0.265. The summed E-state index contributed by atoms with van der Waals surface area (Å²) in [5, 5.41) is 2.97. The summed E-state index contributed by atoms with van der Waals surface area (Å²) in [6.07, 6.45) is 0. The van der Waals surface area contributed by atoms with Crippen molar-refractivity contribution >= 4 is 5.97 Å². The number of ether oxygens (including phenoxy) is 2. The number of nitrogens with one attached hydrogen (secondary N) is 1. The van der Waals surface area contributed by atoms with Crippen molar-refractivity contribution in [3.63, 3.8) is 0 Å². The topological polar surface area (TPSA) is 47.6 Å². The summed E-state index contributed by atoms with van der Waals surface area (Å²) in [5.74, 6) is -0.250. The summed E-state index contributed by atoms with van der Waals surface area (Å²) < 4.78 is 9.55. The lowest BCUT2D eigenvalue weighted by atomic mass is 10.3. The third kappa shape index (κ3) is 1.68. The second kappa shape index (κ2) is 3.53. The van der Waals surface area contributed by atoms with Gasteiger partial charge in [-0.1, -0.05) is 0 Å². The van der Waals surface area contributed by atoms with Gasteiger partial charge in [0.15, 0.2) is 0 Å². The molecule has 1 aliphatic heterocycles. The average molecular weight is 145 g/mol. The van der Waals surface area contributed by atoms with Crippen LogP contribution in [-0.2, 0) is 14.3 Å². The highest BCUT2D eigenvalue weighted by Gasteiger charge is 2.20. The van der Waals surface area contributed by atoms with Crippen LogP contribution < -0.4 is 5.32 Å². The van der Waals surface area contributed by atoms with E-state index in [-0.39, 0.29) is 12.0 Å². The molecule has 0 aliphatic carbocycles. The van der Waals surface area contributed by atoms with E-state index in [9.17, 15) is 4.79 Å². The molecule has 1 aliphatic rings. The molecule has 4 heteroatoms. The second-order valence-corrected chi connectivity index (χ2v) is 2.10. The van der Waals surface area contributed by atoms with E-state index in [0.717, 1.165) is 6.54 Å². The summed E-state index contributed by atoms with van der Waals surface area (Å²) in [6.45, 7) is 1.82. The van der Waals surface area contributed by atoms with Gasteiger partial charge in [0.1, 0.15) is 6.04 Å². The molecule has 0 aromatic rings. The first kappa shape index (κ1) is 7.50. The predicted octanol–water partition coefficient (Wildman–Crippen LogP) is -0.852. The largest absolute Gasteiger partial charge is 0.468 e. The zero-order valence-electron chi connectivity index (χ0n) is 5.92. The Bertz CT molecular complexity index is 120. The number of morpholine rings is 1. The molecule has 1 rings (SSSR count). The smallest absolute Gasteiger partial charge is 0.325 e. The molecule has 0 spiro atoms. The normalized spacial score (nSPS) is 25.9. The van der Waals surface area contributed by atoms with Crippen LogP contribution >= 0.6 is 0 Å². The number of carbonyl (C=O) groups is 1. The first-order chi connectivity index (χ1) is 4.84. The molecule has 0 bridgehead atoms. The zero-order valence-corrected chi connectivity index (χ0v) is 5.92. The molecule has 58 valence electrons. The third-order valence-electron chi connectivity index (χ3n) is 1.41. The van der Waals surface area contributed by atoms with Gasteiger partial charge in [-0.25, -0.2) is 0 Å². The average Bonchev–Trinajstić information content (AvgIpc) is 2.05. The Labute approximate surface area is 59.5 Å². The van der Waals surface area contributed by atoms with Crippen LogP contribution in [0.5, 0.6) is 0 Å². The van der Waals surface area contributed by atoms with E-state index in [4.69, 9.17) is 4.74 Å². The van der Waals surface area contributed by atoms with Gasteiger partial charge >= 0.3 is 5.97 Å². The van der Waals surface area contributed by atoms with Gasteiger partial charge in [-0.3, -0.25) is 4.79 Å². The fourth-order valence-electron chi connectivity index (χ4n) is 0.859. The van der Waals surface area contributed by atoms with Gasteiger partial charge in [0.25, 0.3) is 0 Å². The molecule has 1 heterocycles. The summed E-state index contributed by atoms with van der Waals surface area (Å²) in [5.41, 5.74) is 0. The lowest BCUT2D eigenvalue weighted by molar-refractivity contribution is -0.146. The Morgan fingerprint density at radius 3 is 3.10 bits per heavy atom. The van der Waals surface area contributed by atoms with Crippen LogP contribution in [0.4, 0.5) is 0 Å². The molecular weight excluding hydrogens is 134 g/mol. The van der Waals surface area contributed by atoms with E-state index in [0.29, 0.717) is 13.2 Å². The summed E-state index contributed by atoms with van der Waals surface area (Å²) in [4.78, 5) is 10.8. The molecule has 1 N–H and O–H groups in total. The van der Waals surface area contributed by atoms with Gasteiger partial charge in [-0.15, -0.1) is 0 Å². The highest BCUT2D eigenvalue weighted by atomic mass is 16.5. The molecule has 1 unspecified atom stereocenters. The number of esters is 1. The van der Waals surface area contributed by atoms with Crippen LogP contribution in [0.25, 0.3) is 0 Å². The lowest BCUT2D eigenvalue weighted by Gasteiger charge is -2.20. The van der Waals surface area contributed by atoms with E-state index in [2.05, 4.69) is 10.1 Å². The molecule has 1 fully saturated rings. The van der Waals surface area contributed by atoms with Crippen molar-refractivity contribution in [1.29, 1.82) is 0 Å². The molecule has 0 saturated carbocycles. The fraction of sp³-hybridized carbons (Fsp3) is 0.833. The van der Waals surface area contributed by atoms with E-state index < -0.39 is 0 Å². The monoisotopic (exact) mass is 145 g/mol. The number of hydrogen-bond acceptors (Lipinski definition) is 4. The Morgan fingerprint density at radius 2 is 2.60 bits per heavy atom. The van der Waals surface area contributed by atoms with Gasteiger partial charge in [-0.2, -0.15) is 0 Å². The predicted molar refractivity (Wildman–Crippen MR) is 34.6 cm³/mol. The maximum Gasteiger partial charge on any atom is 0.325 e. The van der Waals surface area contributed by atoms with Crippen molar-refractivity contribution in [3.05, 3.63) is 0 Å². The highest BCUT2D eigenvalue weighted by Crippen LogP contribution is 1.94. The minimum Gasteiger partial charge on any atom is -0.468 e. The van der Waals surface area contributed by atoms with Crippen LogP contribution in [0.1, 0.15) is 0 Å². The summed E-state index contributed by atoms with van der Waals surface area (Å²) in [7, 11) is 1.37. The van der Waals surface area contributed by atoms with Crippen LogP contribution in [0.3, 0.4) is 0 Å². The quantitative estimate of drug-likeness (QED) is 0.488. The van der Waals surface area contributed by atoms with Gasteiger partial charge < -0.3 is 14.8 Å². The van der Waals surface area contributed by atoms with Crippen molar-refractivity contribution in [1.82, 2.24) is 5.32 Å². The Kier molecular flexibility index (Phi) is 2.65. The lowest BCUT2D eigenvalue weighted by Crippen LogP contribution is -2.46. The Balaban J connectivity index is 2.31. The Hall–Kier alpha value is -0.610. The first-order valence-electron chi connectivity index (χ1n) is 3.23. The molecular formula is C6H11NO3. The first-order valence-corrected chi connectivity index (χ1v) is 3.23. The number of hydrogen-bond donors (Lipinski definition) is 1. The SMILES string of the molecule is COC(=O)C1COCCN1. The van der Waals surface area contributed by atoms with Crippen molar-refractivity contribution < 1.29 is 14.3 Å². The van der Waals surface area contributed by atoms with Crippen LogP contribution in [0.2, 0.25) is 0 Å². The molecule has 1 atom stereocenters. The van der Waals surface area contributed by atoms with Crippen molar-refractivity contribution in [2.75, 3.05) is 26.9 Å². The number of rotatable bonds is 1. The fourth-order valence-corrected chi connectivity index (χ4v) is 0.859. The molecule has 4 nitrogen and oxygen atoms in total. The molecule has 0 aromatic heterocycles. The van der Waals surface area contributed by atoms with E-state index in [1.807, 2.05) is 0 Å². The van der Waals surface area contributed by atoms with E-state index in [1.165, 1.54) is 7.11 Å². The van der Waals surface area contributed by atoms with Crippen molar-refractivity contribution in [2.24, 2.45) is 0 Å². The minimum absolute atomic E-state index is 0.250. The van der Waals surface area contributed by atoms with Crippen molar-refractivity contribution in [3.8, 4) is 0 Å². The molecule has 0 radical (unpaired) electrons. The van der Waals surface area contributed by atoms with Gasteiger partial charge in [0, 0.05) is 6.54 Å². The second-order valence-electron chi connectivity index (χ2n) is 2.10. The maximum absolute atomic E-state index is 10.8. The number of methoxy groups -OCH3 is 1. The molecule has 0 amide bonds. The summed E-state index contributed by atoms with van der Waals surface area (Å²) >= 11 is 0. The third-order valence-corrected chi connectivity index (χ3v) is 1.41.